The first-order chi connectivity index (χ1) is 5.77. The van der Waals surface area contributed by atoms with E-state index in [4.69, 9.17) is 0 Å². The number of nitrogens with zero attached hydrogens (tertiary/aromatic N) is 2. The van der Waals surface area contributed by atoms with Gasteiger partial charge in [-0.05, 0) is 44.0 Å². The lowest BCUT2D eigenvalue weighted by atomic mass is 10.3. The average Bonchev–Trinajstić information content (AvgIpc) is 2.04. The zero-order valence-electron chi connectivity index (χ0n) is 5.96. The minimum absolute atomic E-state index is 0.815. The highest BCUT2D eigenvalue weighted by Gasteiger charge is 2.00. The summed E-state index contributed by atoms with van der Waals surface area (Å²) in [4.78, 5) is 8.25. The molecular formula is C8H4Br2N2. The van der Waals surface area contributed by atoms with Crippen LogP contribution in [0.3, 0.4) is 0 Å². The fraction of sp³-hybridized carbons (Fsp3) is 0. The molecule has 0 unspecified atom stereocenters. The Hall–Kier alpha value is -0.480. The second-order valence-electron chi connectivity index (χ2n) is 2.32. The largest absolute Gasteiger partial charge is 0.262 e. The monoisotopic (exact) mass is 286 g/mol. The van der Waals surface area contributed by atoms with Crippen molar-refractivity contribution in [3.05, 3.63) is 33.6 Å². The van der Waals surface area contributed by atoms with E-state index in [-0.39, 0.29) is 0 Å². The van der Waals surface area contributed by atoms with Crippen molar-refractivity contribution in [1.82, 2.24) is 9.97 Å². The number of halogens is 2. The van der Waals surface area contributed by atoms with Gasteiger partial charge < -0.3 is 0 Å². The van der Waals surface area contributed by atoms with Crippen LogP contribution >= 0.6 is 31.9 Å². The summed E-state index contributed by atoms with van der Waals surface area (Å²) in [5, 5.41) is 1.08. The summed E-state index contributed by atoms with van der Waals surface area (Å²) in [7, 11) is 0. The van der Waals surface area contributed by atoms with Gasteiger partial charge in [-0.3, -0.25) is 4.98 Å². The molecule has 4 heteroatoms. The Morgan fingerprint density at radius 1 is 1.25 bits per heavy atom. The van der Waals surface area contributed by atoms with Crippen LogP contribution in [-0.4, -0.2) is 9.97 Å². The summed E-state index contributed by atoms with van der Waals surface area (Å²) in [6.07, 6.45) is 3.49. The van der Waals surface area contributed by atoms with Crippen LogP contribution in [0.1, 0.15) is 0 Å². The molecule has 0 saturated carbocycles. The molecular weight excluding hydrogens is 284 g/mol. The highest BCUT2D eigenvalue weighted by molar-refractivity contribution is 9.11. The molecule has 0 aliphatic heterocycles. The van der Waals surface area contributed by atoms with Crippen LogP contribution < -0.4 is 0 Å². The van der Waals surface area contributed by atoms with E-state index in [2.05, 4.69) is 41.8 Å². The topological polar surface area (TPSA) is 25.8 Å². The summed E-state index contributed by atoms with van der Waals surface area (Å²) in [5.74, 6) is 0. The lowest BCUT2D eigenvalue weighted by molar-refractivity contribution is 1.28. The van der Waals surface area contributed by atoms with Gasteiger partial charge in [0.25, 0.3) is 0 Å². The van der Waals surface area contributed by atoms with Crippen molar-refractivity contribution < 1.29 is 0 Å². The van der Waals surface area contributed by atoms with Crippen LogP contribution in [0.25, 0.3) is 10.9 Å². The SMILES string of the molecule is Brc1cc(Br)c2ccncc2n1. The molecule has 2 aromatic heterocycles. The number of pyridine rings is 2. The van der Waals surface area contributed by atoms with Gasteiger partial charge in [0.1, 0.15) is 4.60 Å². The lowest BCUT2D eigenvalue weighted by Gasteiger charge is -1.98. The van der Waals surface area contributed by atoms with E-state index in [0.717, 1.165) is 20.0 Å². The molecule has 2 rings (SSSR count). The van der Waals surface area contributed by atoms with Gasteiger partial charge in [0, 0.05) is 16.1 Å². The standard InChI is InChI=1S/C8H4Br2N2/c9-6-3-8(10)12-7-4-11-2-1-5(6)7/h1-4H. The van der Waals surface area contributed by atoms with Gasteiger partial charge in [-0.1, -0.05) is 0 Å². The molecule has 0 saturated heterocycles. The molecule has 0 bridgehead atoms. The van der Waals surface area contributed by atoms with E-state index >= 15 is 0 Å². The minimum atomic E-state index is 0.815. The van der Waals surface area contributed by atoms with E-state index in [1.54, 1.807) is 12.4 Å². The Balaban J connectivity index is 2.89. The molecule has 12 heavy (non-hydrogen) atoms. The highest BCUT2D eigenvalue weighted by atomic mass is 79.9. The van der Waals surface area contributed by atoms with Crippen molar-refractivity contribution in [2.45, 2.75) is 0 Å². The highest BCUT2D eigenvalue weighted by Crippen LogP contribution is 2.24. The smallest absolute Gasteiger partial charge is 0.108 e. The van der Waals surface area contributed by atoms with Crippen molar-refractivity contribution in [3.8, 4) is 0 Å². The van der Waals surface area contributed by atoms with Gasteiger partial charge in [0.05, 0.1) is 11.7 Å². The molecule has 2 heterocycles. The van der Waals surface area contributed by atoms with Crippen LogP contribution in [0, 0.1) is 0 Å². The van der Waals surface area contributed by atoms with Gasteiger partial charge in [-0.15, -0.1) is 0 Å². The van der Waals surface area contributed by atoms with Crippen LogP contribution in [0.15, 0.2) is 33.6 Å². The number of hydrogen-bond donors (Lipinski definition) is 0. The summed E-state index contributed by atoms with van der Waals surface area (Å²) < 4.78 is 1.84. The third-order valence-electron chi connectivity index (χ3n) is 1.53. The zero-order chi connectivity index (χ0) is 8.55. The van der Waals surface area contributed by atoms with Crippen molar-refractivity contribution in [2.75, 3.05) is 0 Å². The molecule has 0 aliphatic rings. The first kappa shape index (κ1) is 8.13. The Kier molecular flexibility index (Phi) is 2.11. The van der Waals surface area contributed by atoms with Gasteiger partial charge in [-0.25, -0.2) is 4.98 Å². The summed E-state index contributed by atoms with van der Waals surface area (Å²) in [6, 6.07) is 3.85. The molecule has 60 valence electrons. The molecule has 0 amide bonds. The summed E-state index contributed by atoms with van der Waals surface area (Å²) >= 11 is 6.76. The third-order valence-corrected chi connectivity index (χ3v) is 2.59. The molecule has 0 fully saturated rings. The first-order valence-corrected chi connectivity index (χ1v) is 4.92. The summed E-state index contributed by atoms with van der Waals surface area (Å²) in [6.45, 7) is 0. The lowest BCUT2D eigenvalue weighted by Crippen LogP contribution is -1.82. The molecule has 2 aromatic rings. The second-order valence-corrected chi connectivity index (χ2v) is 3.99. The number of fused-ring (bicyclic) bond motifs is 1. The van der Waals surface area contributed by atoms with Gasteiger partial charge in [0.15, 0.2) is 0 Å². The predicted molar refractivity (Wildman–Crippen MR) is 54.9 cm³/mol. The van der Waals surface area contributed by atoms with E-state index < -0.39 is 0 Å². The first-order valence-electron chi connectivity index (χ1n) is 3.33. The van der Waals surface area contributed by atoms with E-state index in [0.29, 0.717) is 0 Å². The Morgan fingerprint density at radius 3 is 2.92 bits per heavy atom. The quantitative estimate of drug-likeness (QED) is 0.696. The normalized spacial score (nSPS) is 10.5. The van der Waals surface area contributed by atoms with Gasteiger partial charge in [0.2, 0.25) is 0 Å². The minimum Gasteiger partial charge on any atom is -0.262 e. The Morgan fingerprint density at radius 2 is 2.08 bits per heavy atom. The molecule has 0 radical (unpaired) electrons. The molecule has 0 spiro atoms. The zero-order valence-corrected chi connectivity index (χ0v) is 9.13. The van der Waals surface area contributed by atoms with E-state index in [1.165, 1.54) is 0 Å². The van der Waals surface area contributed by atoms with Gasteiger partial charge in [-0.2, -0.15) is 0 Å². The van der Waals surface area contributed by atoms with Gasteiger partial charge >= 0.3 is 0 Å². The molecule has 0 atom stereocenters. The van der Waals surface area contributed by atoms with Crippen molar-refractivity contribution in [3.63, 3.8) is 0 Å². The van der Waals surface area contributed by atoms with Crippen molar-refractivity contribution >= 4 is 42.8 Å². The third kappa shape index (κ3) is 1.36. The maximum absolute atomic E-state index is 4.26. The van der Waals surface area contributed by atoms with Crippen LogP contribution in [-0.2, 0) is 0 Å². The van der Waals surface area contributed by atoms with Crippen molar-refractivity contribution in [2.24, 2.45) is 0 Å². The Bertz CT molecular complexity index is 428. The Labute approximate surface area is 86.3 Å². The van der Waals surface area contributed by atoms with Crippen LogP contribution in [0.2, 0.25) is 0 Å². The van der Waals surface area contributed by atoms with E-state index in [9.17, 15) is 0 Å². The maximum atomic E-state index is 4.26. The molecule has 0 N–H and O–H groups in total. The van der Waals surface area contributed by atoms with Crippen molar-refractivity contribution in [1.29, 1.82) is 0 Å². The number of aromatic nitrogens is 2. The fourth-order valence-electron chi connectivity index (χ4n) is 1.01. The molecule has 0 aromatic carbocycles. The van der Waals surface area contributed by atoms with Crippen LogP contribution in [0.4, 0.5) is 0 Å². The average molecular weight is 288 g/mol. The maximum Gasteiger partial charge on any atom is 0.108 e. The number of hydrogen-bond acceptors (Lipinski definition) is 2. The molecule has 0 aliphatic carbocycles. The van der Waals surface area contributed by atoms with Crippen LogP contribution in [0.5, 0.6) is 0 Å². The summed E-state index contributed by atoms with van der Waals surface area (Å²) in [5.41, 5.74) is 0.888. The molecule has 2 nitrogen and oxygen atoms in total. The fourth-order valence-corrected chi connectivity index (χ4v) is 2.29. The van der Waals surface area contributed by atoms with E-state index in [1.807, 2.05) is 12.1 Å². The second kappa shape index (κ2) is 3.11. The predicted octanol–water partition coefficient (Wildman–Crippen LogP) is 3.15. The number of rotatable bonds is 0.